The first-order chi connectivity index (χ1) is 8.29. The van der Waals surface area contributed by atoms with Gasteiger partial charge in [0.2, 0.25) is 0 Å². The minimum atomic E-state index is 0.0947. The molecule has 1 fully saturated rings. The van der Waals surface area contributed by atoms with Gasteiger partial charge < -0.3 is 10.5 Å². The molecule has 1 aromatic heterocycles. The Labute approximate surface area is 103 Å². The van der Waals surface area contributed by atoms with E-state index in [0.29, 0.717) is 0 Å². The van der Waals surface area contributed by atoms with Crippen LogP contribution in [0.4, 0.5) is 0 Å². The minimum absolute atomic E-state index is 0.0947. The van der Waals surface area contributed by atoms with E-state index in [1.165, 1.54) is 5.56 Å². The van der Waals surface area contributed by atoms with Crippen LogP contribution in [0.2, 0.25) is 0 Å². The van der Waals surface area contributed by atoms with E-state index in [9.17, 15) is 0 Å². The van der Waals surface area contributed by atoms with Gasteiger partial charge in [0, 0.05) is 38.1 Å². The van der Waals surface area contributed by atoms with Crippen LogP contribution in [-0.4, -0.2) is 42.2 Å². The van der Waals surface area contributed by atoms with Crippen LogP contribution in [0.15, 0.2) is 24.5 Å². The first-order valence-corrected chi connectivity index (χ1v) is 6.26. The average Bonchev–Trinajstić information content (AvgIpc) is 2.59. The Kier molecular flexibility index (Phi) is 4.48. The van der Waals surface area contributed by atoms with Gasteiger partial charge in [-0.3, -0.25) is 9.88 Å². The summed E-state index contributed by atoms with van der Waals surface area (Å²) in [5.41, 5.74) is 7.34. The summed E-state index contributed by atoms with van der Waals surface area (Å²) >= 11 is 0. The Morgan fingerprint density at radius 1 is 1.41 bits per heavy atom. The second-order valence-electron chi connectivity index (χ2n) is 4.59. The van der Waals surface area contributed by atoms with E-state index < -0.39 is 0 Å². The fraction of sp³-hybridized carbons (Fsp3) is 0.615. The predicted molar refractivity (Wildman–Crippen MR) is 67.6 cm³/mol. The molecule has 1 aliphatic rings. The number of hydrogen-bond acceptors (Lipinski definition) is 4. The lowest BCUT2D eigenvalue weighted by Gasteiger charge is -2.33. The number of nitrogens with two attached hydrogens (primary N) is 1. The largest absolute Gasteiger partial charge is 0.380 e. The molecule has 0 radical (unpaired) electrons. The lowest BCUT2D eigenvalue weighted by Crippen LogP contribution is -2.40. The highest BCUT2D eigenvalue weighted by Crippen LogP contribution is 2.23. The van der Waals surface area contributed by atoms with E-state index in [2.05, 4.69) is 22.9 Å². The van der Waals surface area contributed by atoms with Crippen LogP contribution in [0.3, 0.4) is 0 Å². The average molecular weight is 235 g/mol. The zero-order valence-electron chi connectivity index (χ0n) is 10.4. The van der Waals surface area contributed by atoms with E-state index in [4.69, 9.17) is 10.5 Å². The molecule has 1 aromatic rings. The van der Waals surface area contributed by atoms with E-state index in [1.807, 2.05) is 12.3 Å². The Bertz CT molecular complexity index is 321. The van der Waals surface area contributed by atoms with Crippen molar-refractivity contribution in [1.82, 2.24) is 9.88 Å². The summed E-state index contributed by atoms with van der Waals surface area (Å²) in [7, 11) is 0. The summed E-state index contributed by atoms with van der Waals surface area (Å²) < 4.78 is 5.49. The van der Waals surface area contributed by atoms with E-state index >= 15 is 0 Å². The fourth-order valence-corrected chi connectivity index (χ4v) is 2.44. The van der Waals surface area contributed by atoms with Gasteiger partial charge in [-0.15, -0.1) is 0 Å². The molecule has 0 amide bonds. The van der Waals surface area contributed by atoms with Gasteiger partial charge in [0.05, 0.1) is 12.6 Å². The molecule has 17 heavy (non-hydrogen) atoms. The SMILES string of the molecule is CC(N)C(c1cccnc1)N1CCCOCC1. The van der Waals surface area contributed by atoms with Crippen LogP contribution in [0.5, 0.6) is 0 Å². The fourth-order valence-electron chi connectivity index (χ4n) is 2.44. The number of nitrogens with zero attached hydrogens (tertiary/aromatic N) is 2. The molecule has 2 atom stereocenters. The molecule has 0 spiro atoms. The maximum Gasteiger partial charge on any atom is 0.0593 e. The molecular weight excluding hydrogens is 214 g/mol. The normalized spacial score (nSPS) is 21.8. The second kappa shape index (κ2) is 6.10. The number of rotatable bonds is 3. The van der Waals surface area contributed by atoms with Crippen molar-refractivity contribution in [2.24, 2.45) is 5.73 Å². The summed E-state index contributed by atoms with van der Waals surface area (Å²) in [6.07, 6.45) is 4.79. The third-order valence-corrected chi connectivity index (χ3v) is 3.17. The van der Waals surface area contributed by atoms with E-state index in [-0.39, 0.29) is 12.1 Å². The van der Waals surface area contributed by atoms with Crippen LogP contribution in [-0.2, 0) is 4.74 Å². The lowest BCUT2D eigenvalue weighted by atomic mass is 10.0. The second-order valence-corrected chi connectivity index (χ2v) is 4.59. The Balaban J connectivity index is 2.16. The number of aromatic nitrogens is 1. The van der Waals surface area contributed by atoms with Crippen LogP contribution in [0.1, 0.15) is 24.9 Å². The van der Waals surface area contributed by atoms with Gasteiger partial charge in [-0.1, -0.05) is 6.07 Å². The molecule has 1 aliphatic heterocycles. The van der Waals surface area contributed by atoms with Gasteiger partial charge >= 0.3 is 0 Å². The molecule has 0 bridgehead atoms. The monoisotopic (exact) mass is 235 g/mol. The van der Waals surface area contributed by atoms with Crippen molar-refractivity contribution in [3.8, 4) is 0 Å². The van der Waals surface area contributed by atoms with Gasteiger partial charge in [-0.2, -0.15) is 0 Å². The van der Waals surface area contributed by atoms with Crippen LogP contribution < -0.4 is 5.73 Å². The molecule has 2 N–H and O–H groups in total. The summed E-state index contributed by atoms with van der Waals surface area (Å²) in [4.78, 5) is 6.60. The summed E-state index contributed by atoms with van der Waals surface area (Å²) in [6.45, 7) is 5.70. The Morgan fingerprint density at radius 3 is 3.00 bits per heavy atom. The zero-order chi connectivity index (χ0) is 12.1. The Morgan fingerprint density at radius 2 is 2.29 bits per heavy atom. The van der Waals surface area contributed by atoms with Gasteiger partial charge in [-0.05, 0) is 25.0 Å². The van der Waals surface area contributed by atoms with Crippen molar-refractivity contribution in [3.05, 3.63) is 30.1 Å². The van der Waals surface area contributed by atoms with Crippen molar-refractivity contribution in [2.45, 2.75) is 25.4 Å². The predicted octanol–water partition coefficient (Wildman–Crippen LogP) is 1.19. The summed E-state index contributed by atoms with van der Waals surface area (Å²) in [5, 5.41) is 0. The van der Waals surface area contributed by atoms with E-state index in [1.54, 1.807) is 6.20 Å². The third kappa shape index (κ3) is 3.25. The van der Waals surface area contributed by atoms with Gasteiger partial charge in [0.1, 0.15) is 0 Å². The minimum Gasteiger partial charge on any atom is -0.380 e. The maximum atomic E-state index is 6.14. The number of pyridine rings is 1. The van der Waals surface area contributed by atoms with Gasteiger partial charge in [0.15, 0.2) is 0 Å². The van der Waals surface area contributed by atoms with Crippen LogP contribution in [0.25, 0.3) is 0 Å². The molecule has 4 heteroatoms. The van der Waals surface area contributed by atoms with Crippen molar-refractivity contribution in [1.29, 1.82) is 0 Å². The summed E-state index contributed by atoms with van der Waals surface area (Å²) in [5.74, 6) is 0. The van der Waals surface area contributed by atoms with Gasteiger partial charge in [0.25, 0.3) is 0 Å². The Hall–Kier alpha value is -0.970. The standard InChI is InChI=1S/C13H21N3O/c1-11(14)13(12-4-2-5-15-10-12)16-6-3-8-17-9-7-16/h2,4-5,10-11,13H,3,6-9,14H2,1H3. The van der Waals surface area contributed by atoms with Crippen molar-refractivity contribution < 1.29 is 4.74 Å². The molecule has 0 saturated carbocycles. The quantitative estimate of drug-likeness (QED) is 0.855. The lowest BCUT2D eigenvalue weighted by molar-refractivity contribution is 0.127. The molecule has 0 aliphatic carbocycles. The van der Waals surface area contributed by atoms with Crippen molar-refractivity contribution in [3.63, 3.8) is 0 Å². The third-order valence-electron chi connectivity index (χ3n) is 3.17. The molecule has 1 saturated heterocycles. The number of hydrogen-bond donors (Lipinski definition) is 1. The highest BCUT2D eigenvalue weighted by atomic mass is 16.5. The van der Waals surface area contributed by atoms with Crippen molar-refractivity contribution in [2.75, 3.05) is 26.3 Å². The smallest absolute Gasteiger partial charge is 0.0593 e. The topological polar surface area (TPSA) is 51.4 Å². The van der Waals surface area contributed by atoms with E-state index in [0.717, 1.165) is 32.7 Å². The molecule has 4 nitrogen and oxygen atoms in total. The molecule has 94 valence electrons. The maximum absolute atomic E-state index is 6.14. The molecule has 2 unspecified atom stereocenters. The van der Waals surface area contributed by atoms with Gasteiger partial charge in [-0.25, -0.2) is 0 Å². The zero-order valence-corrected chi connectivity index (χ0v) is 10.4. The summed E-state index contributed by atoms with van der Waals surface area (Å²) in [6, 6.07) is 4.41. The first kappa shape index (κ1) is 12.5. The first-order valence-electron chi connectivity index (χ1n) is 6.26. The highest BCUT2D eigenvalue weighted by Gasteiger charge is 2.24. The highest BCUT2D eigenvalue weighted by molar-refractivity contribution is 5.16. The van der Waals surface area contributed by atoms with Crippen LogP contribution in [0, 0.1) is 0 Å². The molecular formula is C13H21N3O. The van der Waals surface area contributed by atoms with Crippen molar-refractivity contribution >= 4 is 0 Å². The van der Waals surface area contributed by atoms with Crippen LogP contribution >= 0.6 is 0 Å². The molecule has 2 rings (SSSR count). The molecule has 0 aromatic carbocycles. The molecule has 2 heterocycles. The number of ether oxygens (including phenoxy) is 1.